The van der Waals surface area contributed by atoms with Crippen LogP contribution in [0.2, 0.25) is 0 Å². The maximum atomic E-state index is 5.88. The highest BCUT2D eigenvalue weighted by Crippen LogP contribution is 2.20. The van der Waals surface area contributed by atoms with E-state index < -0.39 is 0 Å². The minimum atomic E-state index is 0. The highest BCUT2D eigenvalue weighted by Gasteiger charge is 2.06. The van der Waals surface area contributed by atoms with Crippen molar-refractivity contribution in [1.29, 1.82) is 0 Å². The Morgan fingerprint density at radius 2 is 1.89 bits per heavy atom. The van der Waals surface area contributed by atoms with Crippen molar-refractivity contribution in [3.63, 3.8) is 0 Å². The molecule has 1 aromatic carbocycles. The van der Waals surface area contributed by atoms with Crippen LogP contribution < -0.4 is 20.3 Å². The number of anilines is 1. The Morgan fingerprint density at radius 1 is 1.14 bits per heavy atom. The summed E-state index contributed by atoms with van der Waals surface area (Å²) >= 11 is 0. The first-order chi connectivity index (χ1) is 13.0. The number of nitrogens with zero attached hydrogens (tertiary/aromatic N) is 3. The average molecular weight is 497 g/mol. The standard InChI is InChI=1S/C21H31N5O.HI/c1-6-12-27-19-13-16(2)10-11-17(19)14-23-21(22-3)24-15-18-8-7-9-20(25-18)26(4)5;/h7-11,13H,6,12,14-15H2,1-5H3,(H2,22,23,24);1H. The Kier molecular flexibility index (Phi) is 10.7. The van der Waals surface area contributed by atoms with Crippen LogP contribution in [0.25, 0.3) is 0 Å². The van der Waals surface area contributed by atoms with E-state index in [0.717, 1.165) is 41.8 Å². The van der Waals surface area contributed by atoms with Crippen LogP contribution in [-0.2, 0) is 13.1 Å². The summed E-state index contributed by atoms with van der Waals surface area (Å²) in [4.78, 5) is 10.9. The van der Waals surface area contributed by atoms with Gasteiger partial charge in [-0.25, -0.2) is 4.98 Å². The van der Waals surface area contributed by atoms with Crippen LogP contribution in [0.4, 0.5) is 5.82 Å². The van der Waals surface area contributed by atoms with Gasteiger partial charge in [-0.05, 0) is 37.1 Å². The summed E-state index contributed by atoms with van der Waals surface area (Å²) in [6.07, 6.45) is 0.989. The number of rotatable bonds is 8. The van der Waals surface area contributed by atoms with Gasteiger partial charge >= 0.3 is 0 Å². The smallest absolute Gasteiger partial charge is 0.191 e. The molecule has 0 amide bonds. The Bertz CT molecular complexity index is 764. The van der Waals surface area contributed by atoms with E-state index in [9.17, 15) is 0 Å². The molecule has 0 atom stereocenters. The molecule has 2 aromatic rings. The predicted octanol–water partition coefficient (Wildman–Crippen LogP) is 3.73. The third-order valence-corrected chi connectivity index (χ3v) is 4.04. The van der Waals surface area contributed by atoms with E-state index in [4.69, 9.17) is 4.74 Å². The summed E-state index contributed by atoms with van der Waals surface area (Å²) in [7, 11) is 5.74. The molecule has 0 saturated heterocycles. The van der Waals surface area contributed by atoms with E-state index in [1.165, 1.54) is 5.56 Å². The molecular formula is C21H32IN5O. The third kappa shape index (κ3) is 7.53. The molecule has 1 heterocycles. The lowest BCUT2D eigenvalue weighted by atomic mass is 10.1. The molecular weight excluding hydrogens is 465 g/mol. The number of aliphatic imine (C=N–C) groups is 1. The molecule has 0 radical (unpaired) electrons. The van der Waals surface area contributed by atoms with Gasteiger partial charge in [0.1, 0.15) is 11.6 Å². The van der Waals surface area contributed by atoms with Crippen molar-refractivity contribution >= 4 is 35.8 Å². The third-order valence-electron chi connectivity index (χ3n) is 4.04. The molecule has 7 heteroatoms. The van der Waals surface area contributed by atoms with E-state index in [1.807, 2.05) is 37.2 Å². The zero-order chi connectivity index (χ0) is 19.6. The number of pyridine rings is 1. The maximum absolute atomic E-state index is 5.88. The molecule has 0 unspecified atom stereocenters. The van der Waals surface area contributed by atoms with Crippen molar-refractivity contribution in [2.75, 3.05) is 32.6 Å². The fourth-order valence-corrected chi connectivity index (χ4v) is 2.54. The highest BCUT2D eigenvalue weighted by molar-refractivity contribution is 14.0. The number of benzene rings is 1. The van der Waals surface area contributed by atoms with Crippen LogP contribution in [0.1, 0.15) is 30.2 Å². The second kappa shape index (κ2) is 12.4. The summed E-state index contributed by atoms with van der Waals surface area (Å²) in [5.74, 6) is 2.60. The quantitative estimate of drug-likeness (QED) is 0.331. The average Bonchev–Trinajstić information content (AvgIpc) is 2.67. The Balaban J connectivity index is 0.00000392. The van der Waals surface area contributed by atoms with Gasteiger partial charge in [0.05, 0.1) is 18.8 Å². The van der Waals surface area contributed by atoms with E-state index >= 15 is 0 Å². The number of halogens is 1. The number of aromatic nitrogens is 1. The monoisotopic (exact) mass is 497 g/mol. The van der Waals surface area contributed by atoms with E-state index in [2.05, 4.69) is 52.7 Å². The molecule has 0 aliphatic heterocycles. The van der Waals surface area contributed by atoms with Crippen molar-refractivity contribution in [2.24, 2.45) is 4.99 Å². The predicted molar refractivity (Wildman–Crippen MR) is 128 cm³/mol. The van der Waals surface area contributed by atoms with Gasteiger partial charge < -0.3 is 20.3 Å². The van der Waals surface area contributed by atoms with E-state index in [-0.39, 0.29) is 24.0 Å². The summed E-state index contributed by atoms with van der Waals surface area (Å²) in [5, 5.41) is 6.66. The molecule has 0 aliphatic rings. The van der Waals surface area contributed by atoms with Gasteiger partial charge in [-0.1, -0.05) is 25.1 Å². The number of nitrogens with one attached hydrogen (secondary N) is 2. The summed E-state index contributed by atoms with van der Waals surface area (Å²) in [6.45, 7) is 6.15. The first kappa shape index (κ1) is 24.0. The van der Waals surface area contributed by atoms with Crippen LogP contribution in [0.15, 0.2) is 41.4 Å². The van der Waals surface area contributed by atoms with E-state index in [0.29, 0.717) is 13.1 Å². The molecule has 0 saturated carbocycles. The summed E-state index contributed by atoms with van der Waals surface area (Å²) in [5.41, 5.74) is 3.27. The van der Waals surface area contributed by atoms with Crippen LogP contribution in [0.5, 0.6) is 5.75 Å². The van der Waals surface area contributed by atoms with Gasteiger partial charge in [-0.2, -0.15) is 0 Å². The van der Waals surface area contributed by atoms with Gasteiger partial charge in [0, 0.05) is 33.3 Å². The number of ether oxygens (including phenoxy) is 1. The SMILES string of the molecule is CCCOc1cc(C)ccc1CNC(=NC)NCc1cccc(N(C)C)n1.I. The van der Waals surface area contributed by atoms with Crippen LogP contribution in [0, 0.1) is 6.92 Å². The first-order valence-electron chi connectivity index (χ1n) is 9.33. The van der Waals surface area contributed by atoms with Gasteiger partial charge in [-0.15, -0.1) is 24.0 Å². The van der Waals surface area contributed by atoms with Crippen LogP contribution >= 0.6 is 24.0 Å². The lowest BCUT2D eigenvalue weighted by Crippen LogP contribution is -2.36. The normalized spacial score (nSPS) is 10.8. The molecule has 0 spiro atoms. The Labute approximate surface area is 185 Å². The Morgan fingerprint density at radius 3 is 2.57 bits per heavy atom. The molecule has 28 heavy (non-hydrogen) atoms. The largest absolute Gasteiger partial charge is 0.493 e. The lowest BCUT2D eigenvalue weighted by Gasteiger charge is -2.16. The van der Waals surface area contributed by atoms with Crippen molar-refractivity contribution in [1.82, 2.24) is 15.6 Å². The molecule has 154 valence electrons. The minimum Gasteiger partial charge on any atom is -0.493 e. The molecule has 0 aliphatic carbocycles. The minimum absolute atomic E-state index is 0. The Hall–Kier alpha value is -2.03. The lowest BCUT2D eigenvalue weighted by molar-refractivity contribution is 0.313. The van der Waals surface area contributed by atoms with Crippen molar-refractivity contribution in [3.05, 3.63) is 53.2 Å². The van der Waals surface area contributed by atoms with E-state index in [1.54, 1.807) is 7.05 Å². The number of hydrogen-bond acceptors (Lipinski definition) is 4. The number of aryl methyl sites for hydroxylation is 1. The van der Waals surface area contributed by atoms with Crippen LogP contribution in [-0.4, -0.2) is 38.7 Å². The number of hydrogen-bond donors (Lipinski definition) is 2. The fraction of sp³-hybridized carbons (Fsp3) is 0.429. The first-order valence-corrected chi connectivity index (χ1v) is 9.33. The molecule has 2 rings (SSSR count). The van der Waals surface area contributed by atoms with Crippen molar-refractivity contribution < 1.29 is 4.74 Å². The fourth-order valence-electron chi connectivity index (χ4n) is 2.54. The second-order valence-electron chi connectivity index (χ2n) is 6.62. The maximum Gasteiger partial charge on any atom is 0.191 e. The summed E-state index contributed by atoms with van der Waals surface area (Å²) in [6, 6.07) is 12.3. The van der Waals surface area contributed by atoms with Crippen molar-refractivity contribution in [2.45, 2.75) is 33.4 Å². The molecule has 0 bridgehead atoms. The summed E-state index contributed by atoms with van der Waals surface area (Å²) < 4.78 is 5.88. The highest BCUT2D eigenvalue weighted by atomic mass is 127. The van der Waals surface area contributed by atoms with Crippen molar-refractivity contribution in [3.8, 4) is 5.75 Å². The zero-order valence-corrected chi connectivity index (χ0v) is 19.8. The van der Waals surface area contributed by atoms with Crippen LogP contribution in [0.3, 0.4) is 0 Å². The van der Waals surface area contributed by atoms with Gasteiger partial charge in [0.25, 0.3) is 0 Å². The molecule has 6 nitrogen and oxygen atoms in total. The molecule has 2 N–H and O–H groups in total. The second-order valence-corrected chi connectivity index (χ2v) is 6.62. The molecule has 0 fully saturated rings. The number of guanidine groups is 1. The zero-order valence-electron chi connectivity index (χ0n) is 17.5. The van der Waals surface area contributed by atoms with Gasteiger partial charge in [0.15, 0.2) is 5.96 Å². The van der Waals surface area contributed by atoms with Gasteiger partial charge in [-0.3, -0.25) is 4.99 Å². The molecule has 1 aromatic heterocycles. The van der Waals surface area contributed by atoms with Gasteiger partial charge in [0.2, 0.25) is 0 Å². The topological polar surface area (TPSA) is 61.8 Å².